The number of sulfonamides is 1. The average Bonchev–Trinajstić information content (AvgIpc) is 2.92. The van der Waals surface area contributed by atoms with Gasteiger partial charge in [-0.1, -0.05) is 62.4 Å². The van der Waals surface area contributed by atoms with Gasteiger partial charge in [-0.15, -0.1) is 0 Å². The van der Waals surface area contributed by atoms with Crippen LogP contribution < -0.4 is 9.62 Å². The SMILES string of the molecule is CC(C)CNC(=O)C(C)N(CCc1ccccc1)C(=O)CN(c1ccc(F)cc1)S(=O)(=O)c1ccccc1. The molecule has 0 aliphatic heterocycles. The van der Waals surface area contributed by atoms with Crippen LogP contribution in [0.1, 0.15) is 26.3 Å². The molecule has 0 aromatic heterocycles. The normalized spacial score (nSPS) is 12.1. The van der Waals surface area contributed by atoms with E-state index in [1.54, 1.807) is 25.1 Å². The highest BCUT2D eigenvalue weighted by Crippen LogP contribution is 2.24. The molecule has 1 N–H and O–H groups in total. The van der Waals surface area contributed by atoms with E-state index in [0.717, 1.165) is 22.0 Å². The van der Waals surface area contributed by atoms with Gasteiger partial charge in [0.1, 0.15) is 18.4 Å². The van der Waals surface area contributed by atoms with Crippen molar-refractivity contribution < 1.29 is 22.4 Å². The van der Waals surface area contributed by atoms with Crippen LogP contribution in [-0.4, -0.2) is 50.8 Å². The van der Waals surface area contributed by atoms with Gasteiger partial charge in [-0.25, -0.2) is 12.8 Å². The highest BCUT2D eigenvalue weighted by Gasteiger charge is 2.32. The number of benzene rings is 3. The predicted octanol–water partition coefficient (Wildman–Crippen LogP) is 4.25. The summed E-state index contributed by atoms with van der Waals surface area (Å²) >= 11 is 0. The Morgan fingerprint density at radius 1 is 0.868 bits per heavy atom. The molecule has 0 aliphatic rings. The Hall–Kier alpha value is -3.72. The third-order valence-corrected chi connectivity index (χ3v) is 7.85. The minimum absolute atomic E-state index is 0.00399. The number of hydrogen-bond donors (Lipinski definition) is 1. The van der Waals surface area contributed by atoms with Gasteiger partial charge >= 0.3 is 0 Å². The molecule has 1 atom stereocenters. The van der Waals surface area contributed by atoms with Gasteiger partial charge in [-0.2, -0.15) is 0 Å². The van der Waals surface area contributed by atoms with Crippen molar-refractivity contribution in [1.29, 1.82) is 0 Å². The molecule has 0 saturated carbocycles. The van der Waals surface area contributed by atoms with E-state index in [2.05, 4.69) is 5.32 Å². The van der Waals surface area contributed by atoms with Gasteiger partial charge < -0.3 is 10.2 Å². The number of nitrogens with zero attached hydrogens (tertiary/aromatic N) is 2. The number of halogens is 1. The molecule has 9 heteroatoms. The van der Waals surface area contributed by atoms with Crippen LogP contribution in [0.5, 0.6) is 0 Å². The zero-order valence-corrected chi connectivity index (χ0v) is 22.7. The van der Waals surface area contributed by atoms with E-state index in [0.29, 0.717) is 13.0 Å². The Morgan fingerprint density at radius 3 is 2.03 bits per heavy atom. The van der Waals surface area contributed by atoms with Crippen molar-refractivity contribution in [3.05, 3.63) is 96.3 Å². The van der Waals surface area contributed by atoms with Crippen LogP contribution in [0.4, 0.5) is 10.1 Å². The maximum absolute atomic E-state index is 13.7. The molecule has 0 radical (unpaired) electrons. The number of nitrogens with one attached hydrogen (secondary N) is 1. The van der Waals surface area contributed by atoms with Crippen LogP contribution in [-0.2, 0) is 26.0 Å². The summed E-state index contributed by atoms with van der Waals surface area (Å²) < 4.78 is 41.9. The first-order valence-electron chi connectivity index (χ1n) is 12.5. The second kappa shape index (κ2) is 13.2. The van der Waals surface area contributed by atoms with E-state index in [1.807, 2.05) is 44.2 Å². The molecule has 0 aliphatic carbocycles. The van der Waals surface area contributed by atoms with E-state index < -0.39 is 34.3 Å². The van der Waals surface area contributed by atoms with Crippen molar-refractivity contribution in [2.24, 2.45) is 5.92 Å². The summed E-state index contributed by atoms with van der Waals surface area (Å²) in [5, 5.41) is 2.86. The predicted molar refractivity (Wildman–Crippen MR) is 147 cm³/mol. The number of carbonyl (C=O) groups excluding carboxylic acids is 2. The molecule has 38 heavy (non-hydrogen) atoms. The average molecular weight is 540 g/mol. The third-order valence-electron chi connectivity index (χ3n) is 6.06. The summed E-state index contributed by atoms with van der Waals surface area (Å²) in [4.78, 5) is 28.1. The fraction of sp³-hybridized carbons (Fsp3) is 0.310. The molecule has 0 spiro atoms. The lowest BCUT2D eigenvalue weighted by Gasteiger charge is -2.32. The molecule has 2 amide bonds. The topological polar surface area (TPSA) is 86.8 Å². The number of amides is 2. The Kier molecular flexibility index (Phi) is 10.0. The number of hydrogen-bond acceptors (Lipinski definition) is 4. The smallest absolute Gasteiger partial charge is 0.264 e. The molecule has 1 unspecified atom stereocenters. The van der Waals surface area contributed by atoms with E-state index in [4.69, 9.17) is 0 Å². The van der Waals surface area contributed by atoms with Crippen molar-refractivity contribution >= 4 is 27.5 Å². The van der Waals surface area contributed by atoms with Crippen molar-refractivity contribution in [2.45, 2.75) is 38.1 Å². The molecule has 3 aromatic carbocycles. The summed E-state index contributed by atoms with van der Waals surface area (Å²) in [6, 6.07) is 21.3. The molecule has 0 heterocycles. The lowest BCUT2D eigenvalue weighted by Crippen LogP contribution is -2.52. The lowest BCUT2D eigenvalue weighted by atomic mass is 10.1. The van der Waals surface area contributed by atoms with E-state index >= 15 is 0 Å². The van der Waals surface area contributed by atoms with Crippen molar-refractivity contribution in [2.75, 3.05) is 23.9 Å². The minimum Gasteiger partial charge on any atom is -0.354 e. The first kappa shape index (κ1) is 28.8. The van der Waals surface area contributed by atoms with Crippen molar-refractivity contribution in [3.8, 4) is 0 Å². The number of anilines is 1. The van der Waals surface area contributed by atoms with Gasteiger partial charge in [-0.3, -0.25) is 13.9 Å². The summed E-state index contributed by atoms with van der Waals surface area (Å²) in [6.45, 7) is 5.68. The van der Waals surface area contributed by atoms with Gasteiger partial charge in [0.25, 0.3) is 10.0 Å². The monoisotopic (exact) mass is 539 g/mol. The molecule has 202 valence electrons. The fourth-order valence-electron chi connectivity index (χ4n) is 3.88. The maximum atomic E-state index is 13.7. The highest BCUT2D eigenvalue weighted by molar-refractivity contribution is 7.92. The highest BCUT2D eigenvalue weighted by atomic mass is 32.2. The van der Waals surface area contributed by atoms with Crippen molar-refractivity contribution in [3.63, 3.8) is 0 Å². The van der Waals surface area contributed by atoms with E-state index in [-0.39, 0.29) is 29.0 Å². The van der Waals surface area contributed by atoms with Gasteiger partial charge in [-0.05, 0) is 61.2 Å². The molecule has 3 aromatic rings. The first-order chi connectivity index (χ1) is 18.1. The van der Waals surface area contributed by atoms with Crippen LogP contribution in [0, 0.1) is 11.7 Å². The Labute approximate surface area is 224 Å². The quantitative estimate of drug-likeness (QED) is 0.373. The van der Waals surface area contributed by atoms with Crippen LogP contribution in [0.25, 0.3) is 0 Å². The molecule has 0 fully saturated rings. The Balaban J connectivity index is 1.94. The summed E-state index contributed by atoms with van der Waals surface area (Å²) in [5.74, 6) is -1.17. The van der Waals surface area contributed by atoms with Crippen LogP contribution >= 0.6 is 0 Å². The molecular formula is C29H34FN3O4S. The Bertz CT molecular complexity index is 1300. The molecule has 7 nitrogen and oxygen atoms in total. The molecular weight excluding hydrogens is 505 g/mol. The minimum atomic E-state index is -4.17. The molecule has 3 rings (SSSR count). The van der Waals surface area contributed by atoms with Gasteiger partial charge in [0.2, 0.25) is 11.8 Å². The molecule has 0 saturated heterocycles. The lowest BCUT2D eigenvalue weighted by molar-refractivity contribution is -0.138. The largest absolute Gasteiger partial charge is 0.354 e. The standard InChI is InChI=1S/C29H34FN3O4S/c1-22(2)20-31-29(35)23(3)32(19-18-24-10-6-4-7-11-24)28(34)21-33(26-16-14-25(30)15-17-26)38(36,37)27-12-8-5-9-13-27/h4-17,22-23H,18-21H2,1-3H3,(H,31,35). The van der Waals surface area contributed by atoms with Gasteiger partial charge in [0.05, 0.1) is 10.6 Å². The summed E-state index contributed by atoms with van der Waals surface area (Å²) in [6.07, 6.45) is 0.483. The first-order valence-corrected chi connectivity index (χ1v) is 14.0. The second-order valence-corrected chi connectivity index (χ2v) is 11.3. The van der Waals surface area contributed by atoms with Crippen LogP contribution in [0.2, 0.25) is 0 Å². The van der Waals surface area contributed by atoms with Gasteiger partial charge in [0.15, 0.2) is 0 Å². The van der Waals surface area contributed by atoms with Crippen LogP contribution in [0.15, 0.2) is 89.8 Å². The van der Waals surface area contributed by atoms with Crippen molar-refractivity contribution in [1.82, 2.24) is 10.2 Å². The fourth-order valence-corrected chi connectivity index (χ4v) is 5.31. The maximum Gasteiger partial charge on any atom is 0.264 e. The molecule has 0 bridgehead atoms. The van der Waals surface area contributed by atoms with Crippen LogP contribution in [0.3, 0.4) is 0 Å². The van der Waals surface area contributed by atoms with E-state index in [1.165, 1.54) is 29.2 Å². The van der Waals surface area contributed by atoms with E-state index in [9.17, 15) is 22.4 Å². The third kappa shape index (κ3) is 7.64. The number of carbonyl (C=O) groups is 2. The zero-order valence-electron chi connectivity index (χ0n) is 21.9. The van der Waals surface area contributed by atoms with Gasteiger partial charge in [0, 0.05) is 13.1 Å². The Morgan fingerprint density at radius 2 is 1.45 bits per heavy atom. The summed E-state index contributed by atoms with van der Waals surface area (Å²) in [5.41, 5.74) is 1.12. The zero-order chi connectivity index (χ0) is 27.7. The number of rotatable bonds is 12. The summed E-state index contributed by atoms with van der Waals surface area (Å²) in [7, 11) is -4.17. The second-order valence-electron chi connectivity index (χ2n) is 9.44.